The number of hydrogen-bond acceptors (Lipinski definition) is 5. The fraction of sp³-hybridized carbons (Fsp3) is 0.556. The van der Waals surface area contributed by atoms with Crippen molar-refractivity contribution in [2.24, 2.45) is 11.7 Å². The van der Waals surface area contributed by atoms with E-state index in [2.05, 4.69) is 4.74 Å². The van der Waals surface area contributed by atoms with Crippen molar-refractivity contribution < 1.29 is 19.1 Å². The Morgan fingerprint density at radius 2 is 1.92 bits per heavy atom. The molecule has 24 heavy (non-hydrogen) atoms. The van der Waals surface area contributed by atoms with Gasteiger partial charge in [0, 0.05) is 13.1 Å². The molecule has 0 radical (unpaired) electrons. The summed E-state index contributed by atoms with van der Waals surface area (Å²) in [5, 5.41) is 0. The topological polar surface area (TPSA) is 81.9 Å². The van der Waals surface area contributed by atoms with E-state index in [1.165, 1.54) is 7.11 Å². The fourth-order valence-electron chi connectivity index (χ4n) is 2.90. The van der Waals surface area contributed by atoms with Crippen LogP contribution in [-0.2, 0) is 20.9 Å². The zero-order chi connectivity index (χ0) is 17.4. The van der Waals surface area contributed by atoms with Crippen molar-refractivity contribution in [1.82, 2.24) is 4.90 Å². The van der Waals surface area contributed by atoms with E-state index in [-0.39, 0.29) is 12.1 Å². The van der Waals surface area contributed by atoms with Crippen molar-refractivity contribution >= 4 is 12.1 Å². The van der Waals surface area contributed by atoms with Gasteiger partial charge in [0.1, 0.15) is 12.6 Å². The first-order valence-electron chi connectivity index (χ1n) is 8.39. The lowest BCUT2D eigenvalue weighted by atomic mass is 9.91. The van der Waals surface area contributed by atoms with Gasteiger partial charge in [-0.25, -0.2) is 4.79 Å². The molecule has 1 aromatic rings. The summed E-state index contributed by atoms with van der Waals surface area (Å²) in [6.45, 7) is 1.67. The number of likely N-dealkylation sites (tertiary alicyclic amines) is 1. The van der Waals surface area contributed by atoms with Crippen molar-refractivity contribution in [3.8, 4) is 0 Å². The van der Waals surface area contributed by atoms with Crippen molar-refractivity contribution in [3.63, 3.8) is 0 Å². The Morgan fingerprint density at radius 1 is 1.25 bits per heavy atom. The number of benzene rings is 1. The Kier molecular flexibility index (Phi) is 7.06. The van der Waals surface area contributed by atoms with E-state index >= 15 is 0 Å². The van der Waals surface area contributed by atoms with E-state index in [1.54, 1.807) is 4.90 Å². The minimum Gasteiger partial charge on any atom is -0.468 e. The summed E-state index contributed by atoms with van der Waals surface area (Å²) in [4.78, 5) is 25.1. The van der Waals surface area contributed by atoms with Crippen LogP contribution in [0.15, 0.2) is 30.3 Å². The average Bonchev–Trinajstić information content (AvgIpc) is 2.64. The molecule has 0 bridgehead atoms. The maximum absolute atomic E-state index is 12.1. The Labute approximate surface area is 142 Å². The number of hydrogen-bond donors (Lipinski definition) is 1. The maximum Gasteiger partial charge on any atom is 0.410 e. The lowest BCUT2D eigenvalue weighted by Gasteiger charge is -2.31. The minimum atomic E-state index is -0.552. The van der Waals surface area contributed by atoms with Gasteiger partial charge in [-0.1, -0.05) is 30.3 Å². The number of piperidine rings is 1. The molecule has 0 saturated carbocycles. The number of carbonyl (C=O) groups excluding carboxylic acids is 2. The van der Waals surface area contributed by atoms with Crippen LogP contribution in [0.5, 0.6) is 0 Å². The highest BCUT2D eigenvalue weighted by Gasteiger charge is 2.25. The normalized spacial score (nSPS) is 16.5. The van der Waals surface area contributed by atoms with Crippen molar-refractivity contribution in [2.75, 3.05) is 20.2 Å². The van der Waals surface area contributed by atoms with Crippen LogP contribution < -0.4 is 5.73 Å². The molecular weight excluding hydrogens is 308 g/mol. The van der Waals surface area contributed by atoms with E-state index in [0.29, 0.717) is 32.0 Å². The van der Waals surface area contributed by atoms with Gasteiger partial charge in [-0.2, -0.15) is 0 Å². The number of amides is 1. The van der Waals surface area contributed by atoms with Gasteiger partial charge in [0.15, 0.2) is 0 Å². The fourth-order valence-corrected chi connectivity index (χ4v) is 2.90. The quantitative estimate of drug-likeness (QED) is 0.807. The molecule has 1 fully saturated rings. The van der Waals surface area contributed by atoms with Crippen LogP contribution in [-0.4, -0.2) is 43.2 Å². The number of ether oxygens (including phenoxy) is 2. The van der Waals surface area contributed by atoms with Crippen molar-refractivity contribution in [3.05, 3.63) is 35.9 Å². The Morgan fingerprint density at radius 3 is 2.54 bits per heavy atom. The van der Waals surface area contributed by atoms with Gasteiger partial charge in [0.25, 0.3) is 0 Å². The SMILES string of the molecule is COC(=O)[C@H](N)CCC1CCN(C(=O)OCc2ccccc2)CC1. The first-order valence-corrected chi connectivity index (χ1v) is 8.39. The van der Waals surface area contributed by atoms with E-state index in [0.717, 1.165) is 24.8 Å². The Hall–Kier alpha value is -2.08. The van der Waals surface area contributed by atoms with E-state index in [1.807, 2.05) is 30.3 Å². The highest BCUT2D eigenvalue weighted by molar-refractivity contribution is 5.75. The molecular formula is C18H26N2O4. The molecule has 1 aliphatic rings. The second-order valence-corrected chi connectivity index (χ2v) is 6.18. The van der Waals surface area contributed by atoms with Gasteiger partial charge in [0.05, 0.1) is 7.11 Å². The molecule has 1 heterocycles. The molecule has 1 aliphatic heterocycles. The summed E-state index contributed by atoms with van der Waals surface area (Å²) >= 11 is 0. The van der Waals surface area contributed by atoms with Crippen LogP contribution in [0, 0.1) is 5.92 Å². The number of nitrogens with two attached hydrogens (primary N) is 1. The largest absolute Gasteiger partial charge is 0.468 e. The van der Waals surface area contributed by atoms with Crippen LogP contribution >= 0.6 is 0 Å². The van der Waals surface area contributed by atoms with E-state index in [4.69, 9.17) is 10.5 Å². The molecule has 0 unspecified atom stereocenters. The summed E-state index contributed by atoms with van der Waals surface area (Å²) in [7, 11) is 1.35. The van der Waals surface area contributed by atoms with Gasteiger partial charge < -0.3 is 20.1 Å². The molecule has 2 N–H and O–H groups in total. The number of methoxy groups -OCH3 is 1. The minimum absolute atomic E-state index is 0.261. The van der Waals surface area contributed by atoms with E-state index in [9.17, 15) is 9.59 Å². The second-order valence-electron chi connectivity index (χ2n) is 6.18. The third-order valence-electron chi connectivity index (χ3n) is 4.47. The average molecular weight is 334 g/mol. The Bertz CT molecular complexity index is 527. The molecule has 1 saturated heterocycles. The molecule has 0 spiro atoms. The van der Waals surface area contributed by atoms with Crippen LogP contribution in [0.2, 0.25) is 0 Å². The molecule has 0 aromatic heterocycles. The molecule has 6 heteroatoms. The number of carbonyl (C=O) groups is 2. The van der Waals surface area contributed by atoms with Gasteiger partial charge in [-0.05, 0) is 37.2 Å². The predicted octanol–water partition coefficient (Wildman–Crippen LogP) is 2.32. The monoisotopic (exact) mass is 334 g/mol. The summed E-state index contributed by atoms with van der Waals surface area (Å²) in [6.07, 6.45) is 3.06. The predicted molar refractivity (Wildman–Crippen MR) is 90.1 cm³/mol. The second kappa shape index (κ2) is 9.27. The summed E-state index contributed by atoms with van der Waals surface area (Å²) < 4.78 is 9.98. The van der Waals surface area contributed by atoms with Crippen molar-refractivity contribution in [2.45, 2.75) is 38.3 Å². The van der Waals surface area contributed by atoms with Gasteiger partial charge >= 0.3 is 12.1 Å². The van der Waals surface area contributed by atoms with Gasteiger partial charge in [-0.3, -0.25) is 4.79 Å². The van der Waals surface area contributed by atoms with Crippen LogP contribution in [0.3, 0.4) is 0 Å². The maximum atomic E-state index is 12.1. The molecule has 1 amide bonds. The van der Waals surface area contributed by atoms with Gasteiger partial charge in [0.2, 0.25) is 0 Å². The standard InChI is InChI=1S/C18H26N2O4/c1-23-17(21)16(19)8-7-14-9-11-20(12-10-14)18(22)24-13-15-5-3-2-4-6-15/h2-6,14,16H,7-13,19H2,1H3/t16-/m1/s1. The number of esters is 1. The third kappa shape index (κ3) is 5.53. The van der Waals surface area contributed by atoms with Gasteiger partial charge in [-0.15, -0.1) is 0 Å². The molecule has 1 atom stereocenters. The molecule has 1 aromatic carbocycles. The summed E-state index contributed by atoms with van der Waals surface area (Å²) in [5.74, 6) is 0.121. The Balaban J connectivity index is 1.66. The third-order valence-corrected chi connectivity index (χ3v) is 4.47. The zero-order valence-electron chi connectivity index (χ0n) is 14.1. The van der Waals surface area contributed by atoms with Crippen LogP contribution in [0.1, 0.15) is 31.2 Å². The first kappa shape index (κ1) is 18.3. The lowest BCUT2D eigenvalue weighted by Crippen LogP contribution is -2.39. The zero-order valence-corrected chi connectivity index (χ0v) is 14.1. The molecule has 6 nitrogen and oxygen atoms in total. The lowest BCUT2D eigenvalue weighted by molar-refractivity contribution is -0.142. The molecule has 132 valence electrons. The number of rotatable bonds is 6. The smallest absolute Gasteiger partial charge is 0.410 e. The summed E-state index contributed by atoms with van der Waals surface area (Å²) in [5.41, 5.74) is 6.74. The summed E-state index contributed by atoms with van der Waals surface area (Å²) in [6, 6.07) is 9.10. The molecule has 0 aliphatic carbocycles. The first-order chi connectivity index (χ1) is 11.6. The number of nitrogens with zero attached hydrogens (tertiary/aromatic N) is 1. The van der Waals surface area contributed by atoms with E-state index < -0.39 is 6.04 Å². The van der Waals surface area contributed by atoms with Crippen LogP contribution in [0.25, 0.3) is 0 Å². The van der Waals surface area contributed by atoms with Crippen LogP contribution in [0.4, 0.5) is 4.79 Å². The highest BCUT2D eigenvalue weighted by Crippen LogP contribution is 2.23. The highest BCUT2D eigenvalue weighted by atomic mass is 16.6. The van der Waals surface area contributed by atoms with Crippen molar-refractivity contribution in [1.29, 1.82) is 0 Å². The molecule has 2 rings (SSSR count).